The second-order valence-electron chi connectivity index (χ2n) is 5.54. The van der Waals surface area contributed by atoms with Crippen molar-refractivity contribution in [3.8, 4) is 0 Å². The van der Waals surface area contributed by atoms with E-state index in [0.29, 0.717) is 6.54 Å². The highest BCUT2D eigenvalue weighted by atomic mass is 35.5. The molecular weight excluding hydrogens is 332 g/mol. The summed E-state index contributed by atoms with van der Waals surface area (Å²) in [4.78, 5) is 13.8. The van der Waals surface area contributed by atoms with E-state index in [4.69, 9.17) is 0 Å². The number of thioether (sulfide) groups is 1. The first kappa shape index (κ1) is 17.8. The zero-order valence-electron chi connectivity index (χ0n) is 13.2. The van der Waals surface area contributed by atoms with Crippen molar-refractivity contribution in [2.24, 2.45) is 13.0 Å². The molecule has 0 unspecified atom stereocenters. The molecule has 5 nitrogen and oxygen atoms in total. The highest BCUT2D eigenvalue weighted by Crippen LogP contribution is 2.29. The number of hydrogen-bond acceptors (Lipinski definition) is 4. The minimum Gasteiger partial charge on any atom is -0.326 e. The quantitative estimate of drug-likeness (QED) is 0.830. The molecule has 23 heavy (non-hydrogen) atoms. The third-order valence-electron chi connectivity index (χ3n) is 4.06. The van der Waals surface area contributed by atoms with Gasteiger partial charge in [0.25, 0.3) is 0 Å². The normalized spacial score (nSPS) is 20.1. The highest BCUT2D eigenvalue weighted by Gasteiger charge is 2.34. The van der Waals surface area contributed by atoms with E-state index < -0.39 is 0 Å². The summed E-state index contributed by atoms with van der Waals surface area (Å²) in [6.45, 7) is 1.52. The second-order valence-corrected chi connectivity index (χ2v) is 6.42. The van der Waals surface area contributed by atoms with Crippen LogP contribution < -0.4 is 10.6 Å². The molecule has 0 saturated carbocycles. The van der Waals surface area contributed by atoms with Crippen LogP contribution in [-0.2, 0) is 11.8 Å². The molecule has 0 bridgehead atoms. The molecule has 0 radical (unpaired) electrons. The Balaban J connectivity index is 0.00000192. The number of anilines is 1. The van der Waals surface area contributed by atoms with Gasteiger partial charge < -0.3 is 10.6 Å². The molecule has 1 aliphatic heterocycles. The average Bonchev–Trinajstić information content (AvgIpc) is 3.16. The van der Waals surface area contributed by atoms with E-state index in [0.717, 1.165) is 17.8 Å². The number of aromatic nitrogens is 2. The molecule has 3 rings (SSSR count). The van der Waals surface area contributed by atoms with E-state index in [9.17, 15) is 4.79 Å². The predicted octanol–water partition coefficient (Wildman–Crippen LogP) is 2.51. The fraction of sp³-hybridized carbons (Fsp3) is 0.375. The van der Waals surface area contributed by atoms with Crippen LogP contribution in [0, 0.1) is 5.92 Å². The van der Waals surface area contributed by atoms with E-state index >= 15 is 0 Å². The molecule has 2 atom stereocenters. The van der Waals surface area contributed by atoms with Gasteiger partial charge in [0.15, 0.2) is 0 Å². The van der Waals surface area contributed by atoms with Crippen molar-refractivity contribution in [3.05, 3.63) is 42.2 Å². The van der Waals surface area contributed by atoms with Crippen LogP contribution in [0.15, 0.2) is 41.6 Å². The van der Waals surface area contributed by atoms with Crippen LogP contribution in [0.3, 0.4) is 0 Å². The summed E-state index contributed by atoms with van der Waals surface area (Å²) in [5.41, 5.74) is 1.96. The number of rotatable bonds is 4. The van der Waals surface area contributed by atoms with Crippen molar-refractivity contribution in [1.29, 1.82) is 0 Å². The van der Waals surface area contributed by atoms with Crippen LogP contribution in [0.25, 0.3) is 0 Å². The van der Waals surface area contributed by atoms with Gasteiger partial charge in [0.05, 0.1) is 12.1 Å². The molecule has 124 valence electrons. The van der Waals surface area contributed by atoms with Crippen LogP contribution in [0.2, 0.25) is 0 Å². The summed E-state index contributed by atoms with van der Waals surface area (Å²) in [5.74, 6) is 0.180. The first-order chi connectivity index (χ1) is 10.7. The number of halogens is 1. The smallest absolute Gasteiger partial charge is 0.229 e. The fourth-order valence-corrected chi connectivity index (χ4v) is 3.25. The SMILES string of the molecule is CSc1ccc(NC(=O)[C@H]2CNC[C@@H]2c2cnn(C)c2)cc1.Cl. The van der Waals surface area contributed by atoms with E-state index in [1.165, 1.54) is 4.90 Å². The molecule has 7 heteroatoms. The van der Waals surface area contributed by atoms with Gasteiger partial charge in [-0.3, -0.25) is 9.48 Å². The molecule has 2 N–H and O–H groups in total. The molecule has 1 amide bonds. The number of aryl methyl sites for hydroxylation is 1. The lowest BCUT2D eigenvalue weighted by Gasteiger charge is -2.17. The summed E-state index contributed by atoms with van der Waals surface area (Å²) in [6.07, 6.45) is 5.88. The minimum absolute atomic E-state index is 0. The average molecular weight is 353 g/mol. The molecule has 1 aliphatic rings. The molecule has 1 saturated heterocycles. The van der Waals surface area contributed by atoms with Gasteiger partial charge in [-0.2, -0.15) is 5.10 Å². The molecule has 2 aromatic rings. The van der Waals surface area contributed by atoms with E-state index in [-0.39, 0.29) is 30.2 Å². The van der Waals surface area contributed by atoms with Crippen LogP contribution >= 0.6 is 24.2 Å². The van der Waals surface area contributed by atoms with E-state index in [1.54, 1.807) is 16.4 Å². The monoisotopic (exact) mass is 352 g/mol. The van der Waals surface area contributed by atoms with Gasteiger partial charge in [-0.15, -0.1) is 24.2 Å². The van der Waals surface area contributed by atoms with Gasteiger partial charge in [0.2, 0.25) is 5.91 Å². The Morgan fingerprint density at radius 2 is 2.09 bits per heavy atom. The first-order valence-corrected chi connectivity index (χ1v) is 8.54. The molecule has 0 aliphatic carbocycles. The Labute approximate surface area is 146 Å². The van der Waals surface area contributed by atoms with Gasteiger partial charge in [0, 0.05) is 42.8 Å². The standard InChI is InChI=1S/C16H20N4OS.ClH/c1-20-10-11(7-18-20)14-8-17-9-15(14)16(21)19-12-3-5-13(22-2)6-4-12;/h3-7,10,14-15,17H,8-9H2,1-2H3,(H,19,21);1H/t14-,15+;/m1./s1. The van der Waals surface area contributed by atoms with Crippen molar-refractivity contribution in [2.45, 2.75) is 10.8 Å². The Bertz CT molecular complexity index is 658. The number of nitrogens with one attached hydrogen (secondary N) is 2. The van der Waals surface area contributed by atoms with Crippen LogP contribution in [0.5, 0.6) is 0 Å². The number of amides is 1. The number of benzene rings is 1. The maximum absolute atomic E-state index is 12.6. The van der Waals surface area contributed by atoms with Crippen molar-refractivity contribution >= 4 is 35.8 Å². The summed E-state index contributed by atoms with van der Waals surface area (Å²) < 4.78 is 1.78. The van der Waals surface area contributed by atoms with Gasteiger partial charge >= 0.3 is 0 Å². The number of carbonyl (C=O) groups excluding carboxylic acids is 1. The zero-order chi connectivity index (χ0) is 15.5. The lowest BCUT2D eigenvalue weighted by atomic mass is 9.90. The topological polar surface area (TPSA) is 59.0 Å². The molecule has 2 heterocycles. The molecule has 1 aromatic heterocycles. The summed E-state index contributed by atoms with van der Waals surface area (Å²) in [7, 11) is 1.90. The van der Waals surface area contributed by atoms with Crippen LogP contribution in [-0.4, -0.2) is 35.0 Å². The Hall–Kier alpha value is -1.50. The number of hydrogen-bond donors (Lipinski definition) is 2. The van der Waals surface area contributed by atoms with Crippen LogP contribution in [0.1, 0.15) is 11.5 Å². The van der Waals surface area contributed by atoms with Crippen molar-refractivity contribution in [1.82, 2.24) is 15.1 Å². The third kappa shape index (κ3) is 4.07. The van der Waals surface area contributed by atoms with E-state index in [2.05, 4.69) is 15.7 Å². The maximum atomic E-state index is 12.6. The van der Waals surface area contributed by atoms with Gasteiger partial charge in [-0.1, -0.05) is 0 Å². The maximum Gasteiger partial charge on any atom is 0.229 e. The molecule has 1 aromatic carbocycles. The van der Waals surface area contributed by atoms with Gasteiger partial charge in [-0.05, 0) is 36.1 Å². The summed E-state index contributed by atoms with van der Waals surface area (Å²) >= 11 is 1.69. The highest BCUT2D eigenvalue weighted by molar-refractivity contribution is 7.98. The molecule has 0 spiro atoms. The largest absolute Gasteiger partial charge is 0.326 e. The van der Waals surface area contributed by atoms with Gasteiger partial charge in [0.1, 0.15) is 0 Å². The second kappa shape index (κ2) is 7.86. The number of nitrogens with zero attached hydrogens (tertiary/aromatic N) is 2. The van der Waals surface area contributed by atoms with Crippen molar-refractivity contribution in [3.63, 3.8) is 0 Å². The molecule has 1 fully saturated rings. The minimum atomic E-state index is -0.0653. The molecular formula is C16H21ClN4OS. The van der Waals surface area contributed by atoms with Gasteiger partial charge in [-0.25, -0.2) is 0 Å². The Kier molecular flexibility index (Phi) is 6.10. The fourth-order valence-electron chi connectivity index (χ4n) is 2.85. The lowest BCUT2D eigenvalue weighted by Crippen LogP contribution is -2.28. The zero-order valence-corrected chi connectivity index (χ0v) is 14.8. The first-order valence-electron chi connectivity index (χ1n) is 7.31. The predicted molar refractivity (Wildman–Crippen MR) is 96.4 cm³/mol. The Morgan fingerprint density at radius 3 is 2.70 bits per heavy atom. The Morgan fingerprint density at radius 1 is 1.35 bits per heavy atom. The third-order valence-corrected chi connectivity index (χ3v) is 4.81. The van der Waals surface area contributed by atoms with E-state index in [1.807, 2.05) is 50.0 Å². The van der Waals surface area contributed by atoms with Crippen molar-refractivity contribution in [2.75, 3.05) is 24.7 Å². The number of carbonyl (C=O) groups is 1. The lowest BCUT2D eigenvalue weighted by molar-refractivity contribution is -0.119. The summed E-state index contributed by atoms with van der Waals surface area (Å²) in [5, 5.41) is 10.6. The summed E-state index contributed by atoms with van der Waals surface area (Å²) in [6, 6.07) is 7.94. The van der Waals surface area contributed by atoms with Crippen molar-refractivity contribution < 1.29 is 4.79 Å². The van der Waals surface area contributed by atoms with Crippen LogP contribution in [0.4, 0.5) is 5.69 Å².